The molecular weight excluding hydrogens is 264 g/mol. The van der Waals surface area contributed by atoms with Crippen LogP contribution in [0.3, 0.4) is 0 Å². The quantitative estimate of drug-likeness (QED) is 0.690. The van der Waals surface area contributed by atoms with Crippen molar-refractivity contribution in [3.8, 4) is 5.75 Å². The van der Waals surface area contributed by atoms with E-state index >= 15 is 0 Å². The summed E-state index contributed by atoms with van der Waals surface area (Å²) in [6.45, 7) is 0. The Morgan fingerprint density at radius 1 is 1.25 bits per heavy atom. The Labute approximate surface area is 115 Å². The van der Waals surface area contributed by atoms with Crippen molar-refractivity contribution in [3.63, 3.8) is 0 Å². The summed E-state index contributed by atoms with van der Waals surface area (Å²) in [6.07, 6.45) is -0.263. The number of ether oxygens (including phenoxy) is 1. The van der Waals surface area contributed by atoms with Gasteiger partial charge in [0.15, 0.2) is 17.4 Å². The maximum Gasteiger partial charge on any atom is 0.169 e. The summed E-state index contributed by atoms with van der Waals surface area (Å²) in [6, 6.07) is 8.36. The average molecular weight is 277 g/mol. The fourth-order valence-electron chi connectivity index (χ4n) is 1.86. The van der Waals surface area contributed by atoms with E-state index in [0.717, 1.165) is 6.07 Å². The number of ketones is 1. The average Bonchev–Trinajstić information content (AvgIpc) is 2.44. The topological polar surface area (TPSA) is 52.3 Å². The molecule has 3 nitrogen and oxygen atoms in total. The minimum atomic E-state index is -1.01. The van der Waals surface area contributed by atoms with Gasteiger partial charge in [-0.05, 0) is 29.8 Å². The van der Waals surface area contributed by atoms with Gasteiger partial charge in [-0.3, -0.25) is 4.79 Å². The van der Waals surface area contributed by atoms with E-state index < -0.39 is 17.4 Å². The lowest BCUT2D eigenvalue weighted by atomic mass is 10.0. The van der Waals surface area contributed by atoms with Gasteiger partial charge in [0.2, 0.25) is 0 Å². The third-order valence-corrected chi connectivity index (χ3v) is 2.94. The van der Waals surface area contributed by atoms with Crippen molar-refractivity contribution < 1.29 is 18.3 Å². The second-order valence-corrected chi connectivity index (χ2v) is 4.27. The zero-order valence-electron chi connectivity index (χ0n) is 10.8. The van der Waals surface area contributed by atoms with Crippen LogP contribution in [0.4, 0.5) is 14.5 Å². The number of anilines is 1. The molecule has 20 heavy (non-hydrogen) atoms. The number of hydrogen-bond donors (Lipinski definition) is 1. The number of rotatable bonds is 4. The summed E-state index contributed by atoms with van der Waals surface area (Å²) in [5.41, 5.74) is 6.22. The zero-order valence-corrected chi connectivity index (χ0v) is 10.8. The van der Waals surface area contributed by atoms with Crippen LogP contribution < -0.4 is 10.5 Å². The summed E-state index contributed by atoms with van der Waals surface area (Å²) >= 11 is 0. The number of carbonyl (C=O) groups excluding carboxylic acids is 1. The second kappa shape index (κ2) is 5.69. The first-order chi connectivity index (χ1) is 9.52. The Bertz CT molecular complexity index is 656. The summed E-state index contributed by atoms with van der Waals surface area (Å²) < 4.78 is 31.7. The van der Waals surface area contributed by atoms with Crippen LogP contribution in [0.5, 0.6) is 5.75 Å². The number of carbonyl (C=O) groups is 1. The molecule has 0 bridgehead atoms. The Hall–Kier alpha value is -2.43. The van der Waals surface area contributed by atoms with E-state index in [1.54, 1.807) is 6.07 Å². The number of Topliss-reactive ketones (excluding diaryl/α,β-unsaturated/α-hetero) is 1. The number of methoxy groups -OCH3 is 1. The van der Waals surface area contributed by atoms with E-state index in [4.69, 9.17) is 10.5 Å². The number of benzene rings is 2. The highest BCUT2D eigenvalue weighted by molar-refractivity contribution is 6.02. The Morgan fingerprint density at radius 2 is 2.00 bits per heavy atom. The van der Waals surface area contributed by atoms with Gasteiger partial charge in [0.1, 0.15) is 5.75 Å². The van der Waals surface area contributed by atoms with Gasteiger partial charge in [-0.25, -0.2) is 8.78 Å². The van der Waals surface area contributed by atoms with Crippen molar-refractivity contribution >= 4 is 11.5 Å². The first-order valence-corrected chi connectivity index (χ1v) is 5.92. The lowest BCUT2D eigenvalue weighted by molar-refractivity contribution is 0.0992. The first kappa shape index (κ1) is 14.0. The van der Waals surface area contributed by atoms with Crippen molar-refractivity contribution in [2.45, 2.75) is 6.42 Å². The lowest BCUT2D eigenvalue weighted by Crippen LogP contribution is -2.09. The van der Waals surface area contributed by atoms with Crippen molar-refractivity contribution in [2.24, 2.45) is 0 Å². The van der Waals surface area contributed by atoms with Gasteiger partial charge in [0.05, 0.1) is 7.11 Å². The predicted molar refractivity (Wildman–Crippen MR) is 71.8 cm³/mol. The number of hydrogen-bond acceptors (Lipinski definition) is 3. The number of nitrogen functional groups attached to an aromatic ring is 1. The van der Waals surface area contributed by atoms with Gasteiger partial charge >= 0.3 is 0 Å². The molecule has 2 rings (SSSR count). The third-order valence-electron chi connectivity index (χ3n) is 2.94. The van der Waals surface area contributed by atoms with Gasteiger partial charge in [0.25, 0.3) is 0 Å². The number of halogens is 2. The molecule has 0 fully saturated rings. The van der Waals surface area contributed by atoms with Crippen molar-refractivity contribution in [1.29, 1.82) is 0 Å². The second-order valence-electron chi connectivity index (χ2n) is 4.27. The van der Waals surface area contributed by atoms with Crippen molar-refractivity contribution in [3.05, 3.63) is 59.2 Å². The SMILES string of the molecule is COc1ccc(N)c(C(=O)Cc2cccc(F)c2F)c1. The zero-order chi connectivity index (χ0) is 14.7. The van der Waals surface area contributed by atoms with E-state index in [-0.39, 0.29) is 23.2 Å². The molecule has 104 valence electrons. The Morgan fingerprint density at radius 3 is 2.70 bits per heavy atom. The van der Waals surface area contributed by atoms with Gasteiger partial charge in [-0.1, -0.05) is 12.1 Å². The molecule has 0 aliphatic rings. The fraction of sp³-hybridized carbons (Fsp3) is 0.133. The smallest absolute Gasteiger partial charge is 0.169 e. The maximum atomic E-state index is 13.5. The van der Waals surface area contributed by atoms with Gasteiger partial charge in [-0.2, -0.15) is 0 Å². The molecule has 2 aromatic carbocycles. The molecular formula is C15H13F2NO2. The molecule has 0 atom stereocenters. The molecule has 0 spiro atoms. The van der Waals surface area contributed by atoms with Crippen LogP contribution in [-0.2, 0) is 6.42 Å². The molecule has 0 radical (unpaired) electrons. The van der Waals surface area contributed by atoms with Gasteiger partial charge in [-0.15, -0.1) is 0 Å². The van der Waals surface area contributed by atoms with Gasteiger partial charge in [0, 0.05) is 17.7 Å². The third kappa shape index (κ3) is 2.77. The molecule has 0 saturated carbocycles. The molecule has 0 aliphatic heterocycles. The minimum absolute atomic E-state index is 0.00257. The molecule has 0 unspecified atom stereocenters. The highest BCUT2D eigenvalue weighted by atomic mass is 19.2. The molecule has 0 aromatic heterocycles. The normalized spacial score (nSPS) is 10.3. The van der Waals surface area contributed by atoms with E-state index in [0.29, 0.717) is 5.75 Å². The van der Waals surface area contributed by atoms with E-state index in [1.165, 1.54) is 31.4 Å². The summed E-state index contributed by atoms with van der Waals surface area (Å²) in [7, 11) is 1.46. The highest BCUT2D eigenvalue weighted by Crippen LogP contribution is 2.22. The minimum Gasteiger partial charge on any atom is -0.497 e. The highest BCUT2D eigenvalue weighted by Gasteiger charge is 2.15. The standard InChI is InChI=1S/C15H13F2NO2/c1-20-10-5-6-13(18)11(8-10)14(19)7-9-3-2-4-12(16)15(9)17/h2-6,8H,7,18H2,1H3. The predicted octanol–water partition coefficient (Wildman–Crippen LogP) is 2.98. The molecule has 0 heterocycles. The number of nitrogens with two attached hydrogens (primary N) is 1. The monoisotopic (exact) mass is 277 g/mol. The summed E-state index contributed by atoms with van der Waals surface area (Å²) in [5, 5.41) is 0. The lowest BCUT2D eigenvalue weighted by Gasteiger charge is -2.08. The Kier molecular flexibility index (Phi) is 3.98. The van der Waals surface area contributed by atoms with Gasteiger partial charge < -0.3 is 10.5 Å². The van der Waals surface area contributed by atoms with Crippen LogP contribution in [-0.4, -0.2) is 12.9 Å². The van der Waals surface area contributed by atoms with Crippen LogP contribution >= 0.6 is 0 Å². The largest absolute Gasteiger partial charge is 0.497 e. The molecule has 0 saturated heterocycles. The van der Waals surface area contributed by atoms with E-state index in [9.17, 15) is 13.6 Å². The van der Waals surface area contributed by atoms with Crippen molar-refractivity contribution in [1.82, 2.24) is 0 Å². The van der Waals surface area contributed by atoms with Crippen molar-refractivity contribution in [2.75, 3.05) is 12.8 Å². The van der Waals surface area contributed by atoms with Crippen LogP contribution in [0.1, 0.15) is 15.9 Å². The van der Waals surface area contributed by atoms with Crippen LogP contribution in [0.2, 0.25) is 0 Å². The first-order valence-electron chi connectivity index (χ1n) is 5.92. The summed E-state index contributed by atoms with van der Waals surface area (Å²) in [4.78, 5) is 12.1. The van der Waals surface area contributed by atoms with E-state index in [1.807, 2.05) is 0 Å². The molecule has 2 N–H and O–H groups in total. The van der Waals surface area contributed by atoms with E-state index in [2.05, 4.69) is 0 Å². The molecule has 0 amide bonds. The van der Waals surface area contributed by atoms with Crippen LogP contribution in [0, 0.1) is 11.6 Å². The maximum absolute atomic E-state index is 13.5. The fourth-order valence-corrected chi connectivity index (χ4v) is 1.86. The Balaban J connectivity index is 2.30. The van der Waals surface area contributed by atoms with Crippen LogP contribution in [0.15, 0.2) is 36.4 Å². The molecule has 2 aromatic rings. The molecule has 0 aliphatic carbocycles. The molecule has 5 heteroatoms. The van der Waals surface area contributed by atoms with Crippen LogP contribution in [0.25, 0.3) is 0 Å². The summed E-state index contributed by atoms with van der Waals surface area (Å²) in [5.74, 6) is -1.91.